The number of hydrogen-bond acceptors (Lipinski definition) is 5. The highest BCUT2D eigenvalue weighted by Crippen LogP contribution is 2.29. The Balaban J connectivity index is 3.21. The van der Waals surface area contributed by atoms with Crippen molar-refractivity contribution < 1.29 is 18.3 Å². The van der Waals surface area contributed by atoms with Gasteiger partial charge in [-0.3, -0.25) is 0 Å². The minimum absolute atomic E-state index is 0.0801. The Morgan fingerprint density at radius 3 is 2.30 bits per heavy atom. The Morgan fingerprint density at radius 2 is 1.90 bits per heavy atom. The van der Waals surface area contributed by atoms with Crippen molar-refractivity contribution in [3.05, 3.63) is 11.9 Å². The third-order valence-electron chi connectivity index (χ3n) is 2.51. The summed E-state index contributed by atoms with van der Waals surface area (Å²) in [7, 11) is 1.48. The topological polar surface area (TPSA) is 61.3 Å². The molecule has 0 saturated heterocycles. The molecule has 8 heteroatoms. The molecule has 0 atom stereocenters. The van der Waals surface area contributed by atoms with E-state index in [1.54, 1.807) is 25.7 Å². The number of nitrogens with one attached hydrogen (secondary N) is 1. The predicted molar refractivity (Wildman–Crippen MR) is 70.8 cm³/mol. The van der Waals surface area contributed by atoms with Crippen LogP contribution in [0, 0.1) is 0 Å². The molecule has 0 radical (unpaired) electrons. The van der Waals surface area contributed by atoms with Crippen molar-refractivity contribution >= 4 is 11.6 Å². The second-order valence-corrected chi connectivity index (χ2v) is 5.01. The Hall–Kier alpha value is -1.57. The quantitative estimate of drug-likeness (QED) is 0.870. The molecule has 0 bridgehead atoms. The third kappa shape index (κ3) is 4.52. The molecule has 114 valence electrons. The second-order valence-electron chi connectivity index (χ2n) is 5.01. The van der Waals surface area contributed by atoms with Crippen LogP contribution in [0.1, 0.15) is 26.6 Å². The first kappa shape index (κ1) is 16.5. The van der Waals surface area contributed by atoms with E-state index < -0.39 is 17.6 Å². The Bertz CT molecular complexity index is 457. The molecule has 1 heterocycles. The van der Waals surface area contributed by atoms with E-state index in [0.29, 0.717) is 6.54 Å². The van der Waals surface area contributed by atoms with Gasteiger partial charge in [0.25, 0.3) is 0 Å². The molecule has 0 amide bonds. The molecular formula is C12H19F3N4O. The van der Waals surface area contributed by atoms with Crippen LogP contribution in [0.25, 0.3) is 0 Å². The maximum Gasteiger partial charge on any atom is 0.451 e. The van der Waals surface area contributed by atoms with Crippen molar-refractivity contribution in [2.45, 2.75) is 32.5 Å². The van der Waals surface area contributed by atoms with Crippen molar-refractivity contribution in [1.82, 2.24) is 9.97 Å². The van der Waals surface area contributed by atoms with Gasteiger partial charge in [-0.25, -0.2) is 9.97 Å². The summed E-state index contributed by atoms with van der Waals surface area (Å²) in [4.78, 5) is 8.51. The van der Waals surface area contributed by atoms with E-state index in [0.717, 1.165) is 0 Å². The smallest absolute Gasteiger partial charge is 0.389 e. The van der Waals surface area contributed by atoms with Gasteiger partial charge in [-0.05, 0) is 20.8 Å². The van der Waals surface area contributed by atoms with Gasteiger partial charge in [-0.15, -0.1) is 0 Å². The number of halogens is 3. The number of rotatable bonds is 5. The van der Waals surface area contributed by atoms with E-state index in [-0.39, 0.29) is 18.2 Å². The lowest BCUT2D eigenvalue weighted by Gasteiger charge is -2.29. The van der Waals surface area contributed by atoms with E-state index in [4.69, 9.17) is 0 Å². The SMILES string of the molecule is CCN(CC(C)(C)O)c1cc(NC)nc(C(F)(F)F)n1. The molecule has 0 aliphatic heterocycles. The number of aliphatic hydroxyl groups is 1. The average Bonchev–Trinajstić information content (AvgIpc) is 2.33. The molecule has 1 aromatic rings. The summed E-state index contributed by atoms with van der Waals surface area (Å²) in [5.74, 6) is -0.994. The fourth-order valence-corrected chi connectivity index (χ4v) is 1.67. The summed E-state index contributed by atoms with van der Waals surface area (Å²) in [6, 6.07) is 1.42. The molecule has 5 nitrogen and oxygen atoms in total. The van der Waals surface area contributed by atoms with Gasteiger partial charge in [0, 0.05) is 26.2 Å². The summed E-state index contributed by atoms with van der Waals surface area (Å²) >= 11 is 0. The van der Waals surface area contributed by atoms with E-state index in [2.05, 4.69) is 15.3 Å². The molecule has 2 N–H and O–H groups in total. The van der Waals surface area contributed by atoms with Gasteiger partial charge in [-0.1, -0.05) is 0 Å². The number of aromatic nitrogens is 2. The van der Waals surface area contributed by atoms with Gasteiger partial charge in [0.2, 0.25) is 5.82 Å². The van der Waals surface area contributed by atoms with Crippen LogP contribution in [0.4, 0.5) is 24.8 Å². The zero-order chi connectivity index (χ0) is 15.6. The van der Waals surface area contributed by atoms with Crippen LogP contribution in [-0.4, -0.2) is 40.8 Å². The molecule has 20 heavy (non-hydrogen) atoms. The van der Waals surface area contributed by atoms with Crippen molar-refractivity contribution in [3.63, 3.8) is 0 Å². The highest BCUT2D eigenvalue weighted by molar-refractivity contribution is 5.49. The molecule has 0 saturated carbocycles. The maximum atomic E-state index is 12.8. The fourth-order valence-electron chi connectivity index (χ4n) is 1.67. The molecule has 0 aromatic carbocycles. The molecule has 0 unspecified atom stereocenters. The largest absolute Gasteiger partial charge is 0.451 e. The van der Waals surface area contributed by atoms with Crippen LogP contribution in [0.3, 0.4) is 0 Å². The lowest BCUT2D eigenvalue weighted by atomic mass is 10.1. The van der Waals surface area contributed by atoms with E-state index in [1.165, 1.54) is 13.1 Å². The second kappa shape index (κ2) is 5.82. The first-order valence-corrected chi connectivity index (χ1v) is 6.18. The lowest BCUT2D eigenvalue weighted by Crippen LogP contribution is -2.39. The van der Waals surface area contributed by atoms with Gasteiger partial charge < -0.3 is 15.3 Å². The monoisotopic (exact) mass is 292 g/mol. The summed E-state index contributed by atoms with van der Waals surface area (Å²) in [5, 5.41) is 12.4. The minimum Gasteiger partial charge on any atom is -0.389 e. The van der Waals surface area contributed by atoms with E-state index in [9.17, 15) is 18.3 Å². The first-order chi connectivity index (χ1) is 9.06. The third-order valence-corrected chi connectivity index (χ3v) is 2.51. The van der Waals surface area contributed by atoms with Gasteiger partial charge >= 0.3 is 6.18 Å². The molecule has 0 aliphatic carbocycles. The fraction of sp³-hybridized carbons (Fsp3) is 0.667. The Kier molecular flexibility index (Phi) is 4.80. The first-order valence-electron chi connectivity index (χ1n) is 6.18. The summed E-state index contributed by atoms with van der Waals surface area (Å²) in [6.45, 7) is 5.53. The standard InChI is InChI=1S/C12H19F3N4O/c1-5-19(7-11(2,3)20)9-6-8(16-4)17-10(18-9)12(13,14)15/h6,20H,5,7H2,1-4H3,(H,16,17,18). The van der Waals surface area contributed by atoms with Gasteiger partial charge in [0.1, 0.15) is 11.6 Å². The van der Waals surface area contributed by atoms with Gasteiger partial charge in [-0.2, -0.15) is 13.2 Å². The van der Waals surface area contributed by atoms with Crippen molar-refractivity contribution in [1.29, 1.82) is 0 Å². The van der Waals surface area contributed by atoms with Crippen LogP contribution < -0.4 is 10.2 Å². The molecule has 0 fully saturated rings. The summed E-state index contributed by atoms with van der Waals surface area (Å²) < 4.78 is 38.3. The number of nitrogens with zero attached hydrogens (tertiary/aromatic N) is 3. The molecule has 1 rings (SSSR count). The van der Waals surface area contributed by atoms with Gasteiger partial charge in [0.15, 0.2) is 0 Å². The van der Waals surface area contributed by atoms with Crippen LogP contribution in [-0.2, 0) is 6.18 Å². The van der Waals surface area contributed by atoms with Crippen LogP contribution in [0.2, 0.25) is 0 Å². The highest BCUT2D eigenvalue weighted by Gasteiger charge is 2.36. The molecular weight excluding hydrogens is 273 g/mol. The molecule has 1 aromatic heterocycles. The number of alkyl halides is 3. The normalized spacial score (nSPS) is 12.4. The van der Waals surface area contributed by atoms with Crippen molar-refractivity contribution in [2.24, 2.45) is 0 Å². The summed E-state index contributed by atoms with van der Waals surface area (Å²) in [5.41, 5.74) is -1.04. The van der Waals surface area contributed by atoms with E-state index >= 15 is 0 Å². The molecule has 0 spiro atoms. The minimum atomic E-state index is -4.62. The Labute approximate surface area is 115 Å². The Morgan fingerprint density at radius 1 is 1.30 bits per heavy atom. The lowest BCUT2D eigenvalue weighted by molar-refractivity contribution is -0.144. The predicted octanol–water partition coefficient (Wildman–Crippen LogP) is 2.13. The van der Waals surface area contributed by atoms with Crippen LogP contribution >= 0.6 is 0 Å². The average molecular weight is 292 g/mol. The highest BCUT2D eigenvalue weighted by atomic mass is 19.4. The zero-order valence-corrected chi connectivity index (χ0v) is 11.9. The van der Waals surface area contributed by atoms with Gasteiger partial charge in [0.05, 0.1) is 5.60 Å². The van der Waals surface area contributed by atoms with E-state index in [1.807, 2.05) is 0 Å². The zero-order valence-electron chi connectivity index (χ0n) is 11.9. The molecule has 0 aliphatic rings. The summed E-state index contributed by atoms with van der Waals surface area (Å²) in [6.07, 6.45) is -4.62. The number of anilines is 2. The van der Waals surface area contributed by atoms with Crippen molar-refractivity contribution in [3.8, 4) is 0 Å². The van der Waals surface area contributed by atoms with Crippen molar-refractivity contribution in [2.75, 3.05) is 30.4 Å². The van der Waals surface area contributed by atoms with Crippen LogP contribution in [0.15, 0.2) is 6.07 Å². The van der Waals surface area contributed by atoms with Crippen LogP contribution in [0.5, 0.6) is 0 Å². The number of hydrogen-bond donors (Lipinski definition) is 2. The number of likely N-dealkylation sites (N-methyl/N-ethyl adjacent to an activating group) is 1. The maximum absolute atomic E-state index is 12.8.